The Morgan fingerprint density at radius 3 is 2.74 bits per heavy atom. The van der Waals surface area contributed by atoms with Gasteiger partial charge in [-0.15, -0.1) is 0 Å². The van der Waals surface area contributed by atoms with Crippen LogP contribution in [0.2, 0.25) is 0 Å². The largest absolute Gasteiger partial charge is 0.497 e. The van der Waals surface area contributed by atoms with E-state index in [1.165, 1.54) is 11.1 Å². The lowest BCUT2D eigenvalue weighted by Gasteiger charge is -2.42. The lowest BCUT2D eigenvalue weighted by molar-refractivity contribution is -0.212. The van der Waals surface area contributed by atoms with Gasteiger partial charge < -0.3 is 14.2 Å². The summed E-state index contributed by atoms with van der Waals surface area (Å²) in [6.07, 6.45) is 5.02. The number of carbonyl (C=O) groups is 1. The van der Waals surface area contributed by atoms with Gasteiger partial charge in [0.1, 0.15) is 5.75 Å². The third kappa shape index (κ3) is 2.32. The van der Waals surface area contributed by atoms with Crippen LogP contribution in [0.5, 0.6) is 5.75 Å². The number of benzene rings is 1. The number of ether oxygens (including phenoxy) is 3. The molecule has 4 atom stereocenters. The molecule has 4 rings (SSSR count). The molecule has 0 N–H and O–H groups in total. The van der Waals surface area contributed by atoms with Gasteiger partial charge in [0, 0.05) is 25.4 Å². The van der Waals surface area contributed by atoms with Gasteiger partial charge in [0.2, 0.25) is 0 Å². The van der Waals surface area contributed by atoms with E-state index in [4.69, 9.17) is 14.2 Å². The Labute approximate surface area is 136 Å². The van der Waals surface area contributed by atoms with E-state index < -0.39 is 0 Å². The van der Waals surface area contributed by atoms with Crippen molar-refractivity contribution in [3.8, 4) is 5.75 Å². The molecule has 0 aromatic heterocycles. The van der Waals surface area contributed by atoms with Gasteiger partial charge in [0.15, 0.2) is 12.1 Å². The number of hydrogen-bond acceptors (Lipinski definition) is 4. The third-order valence-corrected chi connectivity index (χ3v) is 5.78. The van der Waals surface area contributed by atoms with Crippen LogP contribution in [0.4, 0.5) is 0 Å². The minimum absolute atomic E-state index is 0.0550. The van der Waals surface area contributed by atoms with E-state index >= 15 is 0 Å². The minimum Gasteiger partial charge on any atom is -0.497 e. The van der Waals surface area contributed by atoms with Gasteiger partial charge in [-0.3, -0.25) is 4.79 Å². The molecule has 2 aliphatic carbocycles. The maximum atomic E-state index is 12.1. The first-order chi connectivity index (χ1) is 11.1. The van der Waals surface area contributed by atoms with E-state index in [-0.39, 0.29) is 23.6 Å². The molecular weight excluding hydrogens is 292 g/mol. The summed E-state index contributed by atoms with van der Waals surface area (Å²) in [5.41, 5.74) is 2.49. The summed E-state index contributed by atoms with van der Waals surface area (Å²) in [7, 11) is 3.36. The van der Waals surface area contributed by atoms with E-state index in [0.717, 1.165) is 25.0 Å². The Balaban J connectivity index is 1.63. The third-order valence-electron chi connectivity index (χ3n) is 5.78. The molecule has 3 aliphatic rings. The van der Waals surface area contributed by atoms with Gasteiger partial charge in [0.25, 0.3) is 0 Å². The van der Waals surface area contributed by atoms with Crippen molar-refractivity contribution in [3.63, 3.8) is 0 Å². The molecule has 1 aromatic rings. The second kappa shape index (κ2) is 5.46. The van der Waals surface area contributed by atoms with Gasteiger partial charge in [-0.25, -0.2) is 0 Å². The van der Waals surface area contributed by atoms with Gasteiger partial charge in [-0.05, 0) is 42.5 Å². The van der Waals surface area contributed by atoms with Crippen LogP contribution in [0.1, 0.15) is 24.8 Å². The van der Waals surface area contributed by atoms with Gasteiger partial charge in [0.05, 0.1) is 13.2 Å². The minimum atomic E-state index is -0.191. The predicted octanol–water partition coefficient (Wildman–Crippen LogP) is 2.90. The summed E-state index contributed by atoms with van der Waals surface area (Å²) in [6, 6.07) is 8.20. The fourth-order valence-electron chi connectivity index (χ4n) is 4.68. The summed E-state index contributed by atoms with van der Waals surface area (Å²) in [5, 5.41) is 0. The number of methoxy groups -OCH3 is 2. The summed E-state index contributed by atoms with van der Waals surface area (Å²) < 4.78 is 16.8. The lowest BCUT2D eigenvalue weighted by Crippen LogP contribution is -2.44. The number of fused-ring (bicyclic) bond motifs is 1. The van der Waals surface area contributed by atoms with E-state index in [1.807, 2.05) is 18.2 Å². The van der Waals surface area contributed by atoms with Crippen LogP contribution < -0.4 is 4.74 Å². The standard InChI is InChI=1S/C19H22O4/c1-21-15-5-3-12(4-6-15)7-16-17-9-13-8-14(20)10-19(13,16)11-18(22-2)23-17/h3-6,8,16-18H,7,9-11H2,1-2H3/t16-,17+,18+,19-/m1/s1. The molecule has 23 heavy (non-hydrogen) atoms. The van der Waals surface area contributed by atoms with Crippen molar-refractivity contribution in [2.24, 2.45) is 11.3 Å². The van der Waals surface area contributed by atoms with E-state index in [9.17, 15) is 4.79 Å². The summed E-state index contributed by atoms with van der Waals surface area (Å²) >= 11 is 0. The normalized spacial score (nSPS) is 35.1. The molecule has 4 heteroatoms. The van der Waals surface area contributed by atoms with Crippen molar-refractivity contribution in [3.05, 3.63) is 41.5 Å². The smallest absolute Gasteiger partial charge is 0.158 e. The molecule has 1 heterocycles. The average Bonchev–Trinajstić information content (AvgIpc) is 2.92. The van der Waals surface area contributed by atoms with E-state index in [0.29, 0.717) is 12.3 Å². The first kappa shape index (κ1) is 14.9. The molecule has 1 aliphatic heterocycles. The van der Waals surface area contributed by atoms with Gasteiger partial charge >= 0.3 is 0 Å². The molecule has 1 saturated heterocycles. The molecule has 0 radical (unpaired) electrons. The van der Waals surface area contributed by atoms with E-state index in [1.54, 1.807) is 14.2 Å². The molecule has 2 bridgehead atoms. The fourth-order valence-corrected chi connectivity index (χ4v) is 4.68. The van der Waals surface area contributed by atoms with Crippen LogP contribution in [-0.2, 0) is 20.7 Å². The summed E-state index contributed by atoms with van der Waals surface area (Å²) in [5.74, 6) is 1.47. The first-order valence-corrected chi connectivity index (χ1v) is 8.20. The highest BCUT2D eigenvalue weighted by atomic mass is 16.7. The summed E-state index contributed by atoms with van der Waals surface area (Å²) in [4.78, 5) is 12.1. The van der Waals surface area contributed by atoms with Crippen LogP contribution >= 0.6 is 0 Å². The maximum absolute atomic E-state index is 12.1. The Morgan fingerprint density at radius 1 is 1.26 bits per heavy atom. The van der Waals surface area contributed by atoms with E-state index in [2.05, 4.69) is 12.1 Å². The monoisotopic (exact) mass is 314 g/mol. The van der Waals surface area contributed by atoms with Crippen molar-refractivity contribution in [1.29, 1.82) is 0 Å². The second-order valence-electron chi connectivity index (χ2n) is 6.88. The first-order valence-electron chi connectivity index (χ1n) is 8.20. The predicted molar refractivity (Wildman–Crippen MR) is 85.2 cm³/mol. The number of carbonyl (C=O) groups excluding carboxylic acids is 1. The second-order valence-corrected chi connectivity index (χ2v) is 6.88. The number of allylic oxidation sites excluding steroid dienone is 1. The van der Waals surface area contributed by atoms with Crippen molar-refractivity contribution >= 4 is 5.78 Å². The van der Waals surface area contributed by atoms with Gasteiger partial charge in [-0.1, -0.05) is 17.7 Å². The zero-order valence-corrected chi connectivity index (χ0v) is 13.6. The molecule has 0 amide bonds. The lowest BCUT2D eigenvalue weighted by atomic mass is 9.69. The Bertz CT molecular complexity index is 648. The molecule has 1 saturated carbocycles. The summed E-state index contributed by atoms with van der Waals surface area (Å²) in [6.45, 7) is 0. The van der Waals surface area contributed by atoms with Crippen molar-refractivity contribution < 1.29 is 19.0 Å². The van der Waals surface area contributed by atoms with Crippen molar-refractivity contribution in [2.45, 2.75) is 38.1 Å². The quantitative estimate of drug-likeness (QED) is 0.857. The van der Waals surface area contributed by atoms with Crippen molar-refractivity contribution in [2.75, 3.05) is 14.2 Å². The zero-order valence-electron chi connectivity index (χ0n) is 13.6. The highest BCUT2D eigenvalue weighted by molar-refractivity contribution is 5.95. The van der Waals surface area contributed by atoms with Crippen LogP contribution in [0.15, 0.2) is 35.9 Å². The maximum Gasteiger partial charge on any atom is 0.158 e. The topological polar surface area (TPSA) is 44.8 Å². The van der Waals surface area contributed by atoms with Crippen LogP contribution in [0.25, 0.3) is 0 Å². The highest BCUT2D eigenvalue weighted by Crippen LogP contribution is 2.61. The van der Waals surface area contributed by atoms with Crippen molar-refractivity contribution in [1.82, 2.24) is 0 Å². The zero-order chi connectivity index (χ0) is 16.0. The fraction of sp³-hybridized carbons (Fsp3) is 0.526. The number of ketones is 1. The number of rotatable bonds is 4. The molecule has 1 aromatic carbocycles. The SMILES string of the molecule is COc1ccc(C[C@@H]2[C@@H]3CC4=CC(=O)C[C@@]42C[C@@H](OC)O3)cc1. The van der Waals surface area contributed by atoms with Crippen LogP contribution in [-0.4, -0.2) is 32.4 Å². The van der Waals surface area contributed by atoms with Gasteiger partial charge in [-0.2, -0.15) is 0 Å². The molecule has 0 unspecified atom stereocenters. The highest BCUT2D eigenvalue weighted by Gasteiger charge is 2.59. The Kier molecular flexibility index (Phi) is 3.54. The average molecular weight is 314 g/mol. The molecule has 1 spiro atoms. The van der Waals surface area contributed by atoms with Crippen LogP contribution in [0.3, 0.4) is 0 Å². The number of hydrogen-bond donors (Lipinski definition) is 0. The molecule has 122 valence electrons. The molecule has 4 nitrogen and oxygen atoms in total. The Hall–Kier alpha value is -1.65. The molecular formula is C19H22O4. The molecule has 2 fully saturated rings. The van der Waals surface area contributed by atoms with Crippen LogP contribution in [0, 0.1) is 11.3 Å². The Morgan fingerprint density at radius 2 is 2.04 bits per heavy atom.